The first-order valence-corrected chi connectivity index (χ1v) is 9.84. The van der Waals surface area contributed by atoms with Gasteiger partial charge in [0.2, 0.25) is 18.6 Å². The van der Waals surface area contributed by atoms with Crippen molar-refractivity contribution < 1.29 is 19.1 Å². The van der Waals surface area contributed by atoms with Crippen molar-refractivity contribution in [1.29, 1.82) is 10.5 Å². The maximum atomic E-state index is 12.5. The molecule has 2 N–H and O–H groups in total. The normalized spacial score (nSPS) is 20.3. The molecule has 150 valence electrons. The van der Waals surface area contributed by atoms with Crippen LogP contribution in [-0.4, -0.2) is 23.9 Å². The zero-order chi connectivity index (χ0) is 21.2. The Morgan fingerprint density at radius 2 is 2.10 bits per heavy atom. The average molecular weight is 412 g/mol. The first-order chi connectivity index (χ1) is 13.8. The van der Waals surface area contributed by atoms with E-state index < -0.39 is 22.5 Å². The predicted octanol–water partition coefficient (Wildman–Crippen LogP) is 2.18. The van der Waals surface area contributed by atoms with Crippen LogP contribution in [0, 0.1) is 34.0 Å². The Bertz CT molecular complexity index is 974. The van der Waals surface area contributed by atoms with E-state index in [9.17, 15) is 20.1 Å². The van der Waals surface area contributed by atoms with E-state index in [1.807, 2.05) is 18.2 Å². The van der Waals surface area contributed by atoms with Crippen molar-refractivity contribution in [3.05, 3.63) is 34.4 Å². The molecule has 2 atom stereocenters. The summed E-state index contributed by atoms with van der Waals surface area (Å²) in [4.78, 5) is 24.8. The number of allylic oxidation sites excluding steroid dienone is 1. The maximum absolute atomic E-state index is 12.5. The number of nitrogens with zero attached hydrogens (tertiary/aromatic N) is 2. The van der Waals surface area contributed by atoms with Gasteiger partial charge in [0.15, 0.2) is 11.5 Å². The zero-order valence-corrected chi connectivity index (χ0v) is 17.1. The summed E-state index contributed by atoms with van der Waals surface area (Å²) in [5, 5.41) is 24.1. The van der Waals surface area contributed by atoms with E-state index in [4.69, 9.17) is 9.47 Å². The fraction of sp³-hybridized carbons (Fsp3) is 0.400. The second-order valence-electron chi connectivity index (χ2n) is 7.25. The number of nitriles is 2. The molecule has 0 radical (unpaired) electrons. The summed E-state index contributed by atoms with van der Waals surface area (Å²) in [5.41, 5.74) is 0.224. The van der Waals surface area contributed by atoms with Crippen LogP contribution in [0.2, 0.25) is 0 Å². The highest BCUT2D eigenvalue weighted by Gasteiger charge is 2.45. The van der Waals surface area contributed by atoms with Crippen LogP contribution in [-0.2, 0) is 16.1 Å². The highest BCUT2D eigenvalue weighted by atomic mass is 32.2. The molecule has 9 heteroatoms. The van der Waals surface area contributed by atoms with Crippen molar-refractivity contribution >= 4 is 23.6 Å². The minimum absolute atomic E-state index is 0.184. The van der Waals surface area contributed by atoms with Gasteiger partial charge in [0.05, 0.1) is 28.0 Å². The Morgan fingerprint density at radius 3 is 2.79 bits per heavy atom. The Morgan fingerprint density at radius 1 is 1.38 bits per heavy atom. The average Bonchev–Trinajstić information content (AvgIpc) is 3.13. The quantitative estimate of drug-likeness (QED) is 0.759. The second kappa shape index (κ2) is 8.06. The molecule has 0 spiro atoms. The number of rotatable bonds is 5. The lowest BCUT2D eigenvalue weighted by Gasteiger charge is -2.35. The number of hydrogen-bond donors (Lipinski definition) is 2. The van der Waals surface area contributed by atoms with E-state index in [1.165, 1.54) is 0 Å². The van der Waals surface area contributed by atoms with Crippen molar-refractivity contribution in [2.45, 2.75) is 32.6 Å². The van der Waals surface area contributed by atoms with Crippen molar-refractivity contribution in [1.82, 2.24) is 10.6 Å². The summed E-state index contributed by atoms with van der Waals surface area (Å²) in [6.45, 7) is 5.55. The number of hydrogen-bond acceptors (Lipinski definition) is 7. The summed E-state index contributed by atoms with van der Waals surface area (Å²) >= 11 is 1.09. The van der Waals surface area contributed by atoms with E-state index in [0.29, 0.717) is 28.6 Å². The number of nitrogens with one attached hydrogen (secondary N) is 2. The number of benzene rings is 1. The van der Waals surface area contributed by atoms with E-state index in [0.717, 1.165) is 17.3 Å². The third kappa shape index (κ3) is 4.01. The number of fused-ring (bicyclic) bond motifs is 1. The molecule has 1 aromatic rings. The highest BCUT2D eigenvalue weighted by Crippen LogP contribution is 2.42. The van der Waals surface area contributed by atoms with Crippen LogP contribution in [0.15, 0.2) is 28.8 Å². The minimum Gasteiger partial charge on any atom is -0.454 e. The van der Waals surface area contributed by atoms with Crippen LogP contribution in [0.5, 0.6) is 11.5 Å². The van der Waals surface area contributed by atoms with Crippen molar-refractivity contribution in [3.8, 4) is 23.6 Å². The molecule has 2 aliphatic rings. The lowest BCUT2D eigenvalue weighted by atomic mass is 9.72. The smallest absolute Gasteiger partial charge is 0.243 e. The molecular formula is C20H20N4O4S. The van der Waals surface area contributed by atoms with Crippen molar-refractivity contribution in [2.24, 2.45) is 11.3 Å². The molecule has 29 heavy (non-hydrogen) atoms. The van der Waals surface area contributed by atoms with Crippen LogP contribution in [0.4, 0.5) is 0 Å². The van der Waals surface area contributed by atoms with Gasteiger partial charge in [-0.05, 0) is 24.6 Å². The number of thioether (sulfide) groups is 1. The van der Waals surface area contributed by atoms with Gasteiger partial charge in [-0.2, -0.15) is 10.5 Å². The topological polar surface area (TPSA) is 124 Å². The molecule has 2 heterocycles. The fourth-order valence-electron chi connectivity index (χ4n) is 3.13. The highest BCUT2D eigenvalue weighted by molar-refractivity contribution is 8.04. The molecule has 2 aliphatic heterocycles. The van der Waals surface area contributed by atoms with Crippen LogP contribution >= 0.6 is 11.8 Å². The molecule has 3 rings (SSSR count). The summed E-state index contributed by atoms with van der Waals surface area (Å²) < 4.78 is 10.6. The molecule has 0 saturated heterocycles. The minimum atomic E-state index is -0.961. The van der Waals surface area contributed by atoms with Crippen molar-refractivity contribution in [2.75, 3.05) is 6.79 Å². The van der Waals surface area contributed by atoms with Gasteiger partial charge in [-0.15, -0.1) is 0 Å². The molecule has 0 aromatic heterocycles. The Balaban J connectivity index is 1.67. The fourth-order valence-corrected chi connectivity index (χ4v) is 4.26. The number of amides is 2. The monoisotopic (exact) mass is 412 g/mol. The Hall–Kier alpha value is -3.17. The van der Waals surface area contributed by atoms with Gasteiger partial charge in [-0.25, -0.2) is 0 Å². The van der Waals surface area contributed by atoms with Crippen LogP contribution in [0.3, 0.4) is 0 Å². The summed E-state index contributed by atoms with van der Waals surface area (Å²) in [5.74, 6) is -0.357. The molecule has 0 aliphatic carbocycles. The van der Waals surface area contributed by atoms with Crippen LogP contribution in [0.25, 0.3) is 0 Å². The molecule has 0 fully saturated rings. The van der Waals surface area contributed by atoms with E-state index in [-0.39, 0.29) is 12.7 Å². The molecule has 8 nitrogen and oxygen atoms in total. The first-order valence-electron chi connectivity index (χ1n) is 8.96. The van der Waals surface area contributed by atoms with Gasteiger partial charge in [-0.1, -0.05) is 31.7 Å². The Labute approximate surface area is 172 Å². The number of carbonyl (C=O) groups is 2. The van der Waals surface area contributed by atoms with E-state index in [2.05, 4.69) is 16.7 Å². The summed E-state index contributed by atoms with van der Waals surface area (Å²) in [6, 6.07) is 9.48. The van der Waals surface area contributed by atoms with Gasteiger partial charge in [0.1, 0.15) is 5.92 Å². The van der Waals surface area contributed by atoms with Gasteiger partial charge in [0, 0.05) is 12.0 Å². The third-order valence-electron chi connectivity index (χ3n) is 4.90. The van der Waals surface area contributed by atoms with Gasteiger partial charge in [-0.3, -0.25) is 9.59 Å². The lowest BCUT2D eigenvalue weighted by molar-refractivity contribution is -0.125. The molecule has 0 saturated carbocycles. The van der Waals surface area contributed by atoms with Crippen LogP contribution < -0.4 is 20.1 Å². The molecule has 0 bridgehead atoms. The number of carbonyl (C=O) groups excluding carboxylic acids is 2. The molecular weight excluding hydrogens is 392 g/mol. The van der Waals surface area contributed by atoms with Crippen LogP contribution in [0.1, 0.15) is 26.3 Å². The largest absolute Gasteiger partial charge is 0.454 e. The SMILES string of the molecule is C[C@@H](SC1=C(C#N)C(C)(C)[C@@H](C#N)C(=O)N1)C(=O)NCc1ccc2c(c1)OCO2. The standard InChI is InChI=1S/C20H20N4O4S/c1-11(17(25)23-9-12-4-5-15-16(6-12)28-10-27-15)29-19-14(8-22)20(2,3)13(7-21)18(26)24-19/h4-6,11,13H,9-10H2,1-3H3,(H,23,25)(H,24,26)/t11-,13+/m1/s1. The zero-order valence-electron chi connectivity index (χ0n) is 16.2. The van der Waals surface area contributed by atoms with Gasteiger partial charge >= 0.3 is 0 Å². The summed E-state index contributed by atoms with van der Waals surface area (Å²) in [6.07, 6.45) is 0. The number of ether oxygens (including phenoxy) is 2. The molecule has 0 unspecified atom stereocenters. The van der Waals surface area contributed by atoms with E-state index >= 15 is 0 Å². The first kappa shape index (κ1) is 20.6. The van der Waals surface area contributed by atoms with Gasteiger partial charge < -0.3 is 20.1 Å². The molecule has 2 amide bonds. The van der Waals surface area contributed by atoms with Gasteiger partial charge in [0.25, 0.3) is 0 Å². The van der Waals surface area contributed by atoms with Crippen molar-refractivity contribution in [3.63, 3.8) is 0 Å². The lowest BCUT2D eigenvalue weighted by Crippen LogP contribution is -2.45. The molecule has 1 aromatic carbocycles. The third-order valence-corrected chi connectivity index (χ3v) is 6.01. The Kier molecular flexibility index (Phi) is 5.71. The second-order valence-corrected chi connectivity index (χ2v) is 8.61. The summed E-state index contributed by atoms with van der Waals surface area (Å²) in [7, 11) is 0. The van der Waals surface area contributed by atoms with E-state index in [1.54, 1.807) is 26.8 Å². The predicted molar refractivity (Wildman–Crippen MR) is 105 cm³/mol. The maximum Gasteiger partial charge on any atom is 0.243 e.